The number of hydrogen-bond donors (Lipinski definition) is 2. The molecule has 0 unspecified atom stereocenters. The van der Waals surface area contributed by atoms with E-state index in [2.05, 4.69) is 5.32 Å². The fraction of sp³-hybridized carbons (Fsp3) is 0.500. The third kappa shape index (κ3) is 5.34. The first-order valence-corrected chi connectivity index (χ1v) is 5.23. The molecule has 0 aromatic carbocycles. The van der Waals surface area contributed by atoms with Crippen molar-refractivity contribution in [3.05, 3.63) is 23.9 Å². The van der Waals surface area contributed by atoms with E-state index in [1.807, 2.05) is 32.9 Å². The van der Waals surface area contributed by atoms with E-state index in [1.54, 1.807) is 0 Å². The van der Waals surface area contributed by atoms with E-state index in [0.717, 1.165) is 6.08 Å². The summed E-state index contributed by atoms with van der Waals surface area (Å²) >= 11 is 0. The third-order valence-electron chi connectivity index (χ3n) is 2.37. The largest absolute Gasteiger partial charge is 0.478 e. The van der Waals surface area contributed by atoms with Crippen LogP contribution >= 0.6 is 0 Å². The summed E-state index contributed by atoms with van der Waals surface area (Å²) in [6.45, 7) is 7.13. The lowest BCUT2D eigenvalue weighted by Crippen LogP contribution is -2.27. The maximum atomic E-state index is 11.0. The number of allylic oxidation sites excluding steroid dienone is 3. The second kappa shape index (κ2) is 6.82. The van der Waals surface area contributed by atoms with Crippen molar-refractivity contribution < 1.29 is 14.7 Å². The minimum absolute atomic E-state index is 0.0452. The van der Waals surface area contributed by atoms with Crippen LogP contribution in [-0.2, 0) is 9.59 Å². The molecule has 0 aromatic heterocycles. The molecule has 0 aromatic rings. The number of nitrogens with one attached hydrogen (secondary N) is 1. The third-order valence-corrected chi connectivity index (χ3v) is 2.37. The molecule has 0 spiro atoms. The van der Waals surface area contributed by atoms with Crippen LogP contribution in [0.1, 0.15) is 27.7 Å². The molecule has 1 amide bonds. The van der Waals surface area contributed by atoms with E-state index in [4.69, 9.17) is 5.11 Å². The molecular weight excluding hydrogens is 206 g/mol. The van der Waals surface area contributed by atoms with Crippen molar-refractivity contribution in [2.24, 2.45) is 11.8 Å². The molecular formula is C12H19NO3. The van der Waals surface area contributed by atoms with Gasteiger partial charge in [0.15, 0.2) is 0 Å². The van der Waals surface area contributed by atoms with E-state index in [0.29, 0.717) is 5.70 Å². The molecule has 0 aliphatic heterocycles. The van der Waals surface area contributed by atoms with Crippen molar-refractivity contribution in [1.82, 2.24) is 5.32 Å². The molecule has 0 aliphatic rings. The van der Waals surface area contributed by atoms with Crippen LogP contribution in [0.4, 0.5) is 0 Å². The van der Waals surface area contributed by atoms with Crippen molar-refractivity contribution in [2.45, 2.75) is 27.7 Å². The summed E-state index contributed by atoms with van der Waals surface area (Å²) in [6.07, 6.45) is 4.93. The highest BCUT2D eigenvalue weighted by Gasteiger charge is 2.16. The van der Waals surface area contributed by atoms with Gasteiger partial charge in [-0.3, -0.25) is 4.79 Å². The van der Waals surface area contributed by atoms with Gasteiger partial charge in [-0.15, -0.1) is 0 Å². The summed E-state index contributed by atoms with van der Waals surface area (Å²) in [5, 5.41) is 11.3. The maximum absolute atomic E-state index is 11.0. The van der Waals surface area contributed by atoms with Crippen LogP contribution in [0, 0.1) is 11.8 Å². The second-order valence-corrected chi connectivity index (χ2v) is 3.79. The number of carbonyl (C=O) groups excluding carboxylic acids is 1. The lowest BCUT2D eigenvalue weighted by Gasteiger charge is -2.20. The topological polar surface area (TPSA) is 66.4 Å². The Labute approximate surface area is 96.0 Å². The van der Waals surface area contributed by atoms with Gasteiger partial charge in [0, 0.05) is 24.6 Å². The van der Waals surface area contributed by atoms with E-state index in [9.17, 15) is 9.59 Å². The van der Waals surface area contributed by atoms with Gasteiger partial charge < -0.3 is 10.4 Å². The van der Waals surface area contributed by atoms with Crippen molar-refractivity contribution >= 4 is 11.9 Å². The highest BCUT2D eigenvalue weighted by atomic mass is 16.4. The first-order chi connectivity index (χ1) is 7.38. The minimum Gasteiger partial charge on any atom is -0.478 e. The molecule has 2 atom stereocenters. The Morgan fingerprint density at radius 3 is 2.25 bits per heavy atom. The van der Waals surface area contributed by atoms with Gasteiger partial charge in [-0.05, 0) is 12.8 Å². The van der Waals surface area contributed by atoms with Gasteiger partial charge in [0.05, 0.1) is 0 Å². The lowest BCUT2D eigenvalue weighted by atomic mass is 9.92. The van der Waals surface area contributed by atoms with E-state index >= 15 is 0 Å². The highest BCUT2D eigenvalue weighted by molar-refractivity contribution is 5.83. The number of carboxylic acids is 1. The quantitative estimate of drug-likeness (QED) is 0.555. The molecule has 0 rings (SSSR count). The van der Waals surface area contributed by atoms with E-state index < -0.39 is 5.97 Å². The Balaban J connectivity index is 4.88. The number of aliphatic carboxylic acids is 1. The number of carbonyl (C=O) groups is 2. The molecule has 0 heterocycles. The van der Waals surface area contributed by atoms with Gasteiger partial charge in [-0.2, -0.15) is 0 Å². The number of hydrogen-bond acceptors (Lipinski definition) is 2. The molecule has 0 saturated heterocycles. The first kappa shape index (κ1) is 14.4. The monoisotopic (exact) mass is 225 g/mol. The van der Waals surface area contributed by atoms with E-state index in [1.165, 1.54) is 6.92 Å². The van der Waals surface area contributed by atoms with Gasteiger partial charge in [0.2, 0.25) is 5.91 Å². The van der Waals surface area contributed by atoms with Crippen molar-refractivity contribution in [3.8, 4) is 0 Å². The number of amides is 1. The standard InChI is InChI=1S/C12H19NO3/c1-5-6-8(2)9(3)11(7-12(15)16)13-10(4)14/h5-9H,1-4H3,(H,13,14)(H,15,16)/b6-5+,11-7-/t8-,9+/m0/s1. The fourth-order valence-corrected chi connectivity index (χ4v) is 1.37. The Hall–Kier alpha value is -1.58. The minimum atomic E-state index is -1.05. The van der Waals surface area contributed by atoms with Crippen LogP contribution in [0.25, 0.3) is 0 Å². The van der Waals surface area contributed by atoms with Crippen LogP contribution < -0.4 is 5.32 Å². The summed E-state index contributed by atoms with van der Waals surface area (Å²) in [4.78, 5) is 21.6. The van der Waals surface area contributed by atoms with Gasteiger partial charge in [0.25, 0.3) is 0 Å². The van der Waals surface area contributed by atoms with Gasteiger partial charge >= 0.3 is 5.97 Å². The molecule has 0 fully saturated rings. The SMILES string of the molecule is C/C=C/[C@H](C)[C@@H](C)/C(=C/C(=O)O)NC(C)=O. The molecule has 16 heavy (non-hydrogen) atoms. The Morgan fingerprint density at radius 1 is 1.31 bits per heavy atom. The summed E-state index contributed by atoms with van der Waals surface area (Å²) in [5.74, 6) is -1.19. The van der Waals surface area contributed by atoms with Gasteiger partial charge in [-0.1, -0.05) is 26.0 Å². The zero-order chi connectivity index (χ0) is 12.7. The molecule has 4 nitrogen and oxygen atoms in total. The van der Waals surface area contributed by atoms with E-state index in [-0.39, 0.29) is 17.7 Å². The summed E-state index contributed by atoms with van der Waals surface area (Å²) in [6, 6.07) is 0. The van der Waals surface area contributed by atoms with Gasteiger partial charge in [0.1, 0.15) is 0 Å². The summed E-state index contributed by atoms with van der Waals surface area (Å²) in [7, 11) is 0. The van der Waals surface area contributed by atoms with Crippen molar-refractivity contribution in [1.29, 1.82) is 0 Å². The molecule has 0 aliphatic carbocycles. The van der Waals surface area contributed by atoms with Crippen LogP contribution in [0.5, 0.6) is 0 Å². The fourth-order valence-electron chi connectivity index (χ4n) is 1.37. The molecule has 0 bridgehead atoms. The maximum Gasteiger partial charge on any atom is 0.330 e. The predicted molar refractivity (Wildman–Crippen MR) is 62.7 cm³/mol. The second-order valence-electron chi connectivity index (χ2n) is 3.79. The van der Waals surface area contributed by atoms with Crippen molar-refractivity contribution in [2.75, 3.05) is 0 Å². The van der Waals surface area contributed by atoms with Crippen LogP contribution in [0.2, 0.25) is 0 Å². The number of carboxylic acid groups (broad SMARTS) is 1. The van der Waals surface area contributed by atoms with Crippen LogP contribution in [0.15, 0.2) is 23.9 Å². The smallest absolute Gasteiger partial charge is 0.330 e. The molecule has 2 N–H and O–H groups in total. The van der Waals surface area contributed by atoms with Crippen molar-refractivity contribution in [3.63, 3.8) is 0 Å². The zero-order valence-electron chi connectivity index (χ0n) is 10.2. The first-order valence-electron chi connectivity index (χ1n) is 5.23. The summed E-state index contributed by atoms with van der Waals surface area (Å²) < 4.78 is 0. The molecule has 90 valence electrons. The molecule has 0 saturated carbocycles. The van der Waals surface area contributed by atoms with Crippen LogP contribution in [0.3, 0.4) is 0 Å². The summed E-state index contributed by atoms with van der Waals surface area (Å²) in [5.41, 5.74) is 0.436. The lowest BCUT2D eigenvalue weighted by molar-refractivity contribution is -0.131. The zero-order valence-corrected chi connectivity index (χ0v) is 10.2. The molecule has 4 heteroatoms. The Kier molecular flexibility index (Phi) is 6.15. The Morgan fingerprint density at radius 2 is 1.88 bits per heavy atom. The van der Waals surface area contributed by atoms with Crippen LogP contribution in [-0.4, -0.2) is 17.0 Å². The van der Waals surface area contributed by atoms with Gasteiger partial charge in [-0.25, -0.2) is 4.79 Å². The average molecular weight is 225 g/mol. The average Bonchev–Trinajstić information content (AvgIpc) is 2.14. The normalized spacial score (nSPS) is 15.9. The molecule has 0 radical (unpaired) electrons. The highest BCUT2D eigenvalue weighted by Crippen LogP contribution is 2.19. The predicted octanol–water partition coefficient (Wildman–Crippen LogP) is 1.94. The number of rotatable bonds is 5. The Bertz CT molecular complexity index is 318.